The van der Waals surface area contributed by atoms with Crippen molar-refractivity contribution < 1.29 is 9.53 Å². The minimum atomic E-state index is -0.0894. The van der Waals surface area contributed by atoms with E-state index in [-0.39, 0.29) is 11.9 Å². The van der Waals surface area contributed by atoms with Crippen LogP contribution in [0.2, 0.25) is 0 Å². The average molecular weight is 205 g/mol. The van der Waals surface area contributed by atoms with Gasteiger partial charge in [-0.25, -0.2) is 0 Å². The lowest BCUT2D eigenvalue weighted by Gasteiger charge is -2.17. The van der Waals surface area contributed by atoms with E-state index < -0.39 is 0 Å². The van der Waals surface area contributed by atoms with Gasteiger partial charge in [-0.05, 0) is 18.6 Å². The SMILES string of the molecule is COC(=O)[C@@H]1CCN(c2ccccc2)C1. The Morgan fingerprint density at radius 2 is 2.13 bits per heavy atom. The molecule has 0 aromatic heterocycles. The molecule has 0 aliphatic carbocycles. The first kappa shape index (κ1) is 10.0. The largest absolute Gasteiger partial charge is 0.469 e. The Morgan fingerprint density at radius 1 is 1.40 bits per heavy atom. The number of benzene rings is 1. The summed E-state index contributed by atoms with van der Waals surface area (Å²) in [6.07, 6.45) is 0.890. The van der Waals surface area contributed by atoms with Crippen LogP contribution in [0.15, 0.2) is 30.3 Å². The minimum Gasteiger partial charge on any atom is -0.469 e. The monoisotopic (exact) mass is 205 g/mol. The number of esters is 1. The summed E-state index contributed by atoms with van der Waals surface area (Å²) >= 11 is 0. The molecule has 1 aromatic rings. The average Bonchev–Trinajstić information content (AvgIpc) is 2.78. The van der Waals surface area contributed by atoms with Gasteiger partial charge in [0.1, 0.15) is 0 Å². The van der Waals surface area contributed by atoms with Gasteiger partial charge in [0.15, 0.2) is 0 Å². The summed E-state index contributed by atoms with van der Waals surface area (Å²) in [7, 11) is 1.45. The Hall–Kier alpha value is -1.51. The van der Waals surface area contributed by atoms with Gasteiger partial charge in [-0.15, -0.1) is 0 Å². The molecule has 1 saturated heterocycles. The highest BCUT2D eigenvalue weighted by Crippen LogP contribution is 2.23. The number of hydrogen-bond donors (Lipinski definition) is 0. The van der Waals surface area contributed by atoms with Crippen molar-refractivity contribution in [3.63, 3.8) is 0 Å². The van der Waals surface area contributed by atoms with Crippen molar-refractivity contribution in [3.05, 3.63) is 30.3 Å². The molecule has 1 fully saturated rings. The van der Waals surface area contributed by atoms with Crippen LogP contribution in [0.3, 0.4) is 0 Å². The lowest BCUT2D eigenvalue weighted by molar-refractivity contribution is -0.144. The fourth-order valence-electron chi connectivity index (χ4n) is 1.99. The zero-order chi connectivity index (χ0) is 10.7. The molecule has 3 heteroatoms. The van der Waals surface area contributed by atoms with Crippen molar-refractivity contribution in [2.45, 2.75) is 6.42 Å². The zero-order valence-electron chi connectivity index (χ0n) is 8.85. The van der Waals surface area contributed by atoms with Gasteiger partial charge in [-0.3, -0.25) is 4.79 Å². The highest BCUT2D eigenvalue weighted by molar-refractivity contribution is 5.74. The first-order chi connectivity index (χ1) is 7.31. The van der Waals surface area contributed by atoms with Gasteiger partial charge in [0, 0.05) is 18.8 Å². The standard InChI is InChI=1S/C12H15NO2/c1-15-12(14)10-7-8-13(9-10)11-5-3-2-4-6-11/h2-6,10H,7-9H2,1H3/t10-/m1/s1. The summed E-state index contributed by atoms with van der Waals surface area (Å²) in [6.45, 7) is 1.71. The van der Waals surface area contributed by atoms with Crippen molar-refractivity contribution >= 4 is 11.7 Å². The Morgan fingerprint density at radius 3 is 2.80 bits per heavy atom. The van der Waals surface area contributed by atoms with Gasteiger partial charge in [-0.1, -0.05) is 18.2 Å². The Balaban J connectivity index is 2.02. The van der Waals surface area contributed by atoms with Crippen LogP contribution in [0, 0.1) is 5.92 Å². The van der Waals surface area contributed by atoms with Crippen LogP contribution in [0.5, 0.6) is 0 Å². The van der Waals surface area contributed by atoms with Gasteiger partial charge >= 0.3 is 5.97 Å². The Labute approximate surface area is 89.7 Å². The number of methoxy groups -OCH3 is 1. The molecule has 3 nitrogen and oxygen atoms in total. The number of anilines is 1. The molecule has 0 amide bonds. The predicted octanol–water partition coefficient (Wildman–Crippen LogP) is 1.69. The quantitative estimate of drug-likeness (QED) is 0.688. The number of ether oxygens (including phenoxy) is 1. The van der Waals surface area contributed by atoms with Gasteiger partial charge < -0.3 is 9.64 Å². The molecule has 15 heavy (non-hydrogen) atoms. The third kappa shape index (κ3) is 2.12. The van der Waals surface area contributed by atoms with Crippen molar-refractivity contribution in [1.82, 2.24) is 0 Å². The van der Waals surface area contributed by atoms with Gasteiger partial charge in [0.2, 0.25) is 0 Å². The first-order valence-electron chi connectivity index (χ1n) is 5.19. The van der Waals surface area contributed by atoms with Crippen molar-refractivity contribution in [2.75, 3.05) is 25.1 Å². The summed E-state index contributed by atoms with van der Waals surface area (Å²) in [6, 6.07) is 10.2. The van der Waals surface area contributed by atoms with E-state index in [0.29, 0.717) is 0 Å². The summed E-state index contributed by atoms with van der Waals surface area (Å²) in [5.41, 5.74) is 1.18. The lowest BCUT2D eigenvalue weighted by atomic mass is 10.1. The van der Waals surface area contributed by atoms with E-state index in [1.165, 1.54) is 12.8 Å². The molecule has 0 unspecified atom stereocenters. The van der Waals surface area contributed by atoms with Crippen LogP contribution in [0.4, 0.5) is 5.69 Å². The summed E-state index contributed by atoms with van der Waals surface area (Å²) in [5, 5.41) is 0. The van der Waals surface area contributed by atoms with Crippen LogP contribution in [-0.4, -0.2) is 26.2 Å². The number of para-hydroxylation sites is 1. The lowest BCUT2D eigenvalue weighted by Crippen LogP contribution is -2.23. The molecule has 0 radical (unpaired) electrons. The molecule has 80 valence electrons. The first-order valence-corrected chi connectivity index (χ1v) is 5.19. The number of nitrogens with zero attached hydrogens (tertiary/aromatic N) is 1. The number of carbonyl (C=O) groups excluding carboxylic acids is 1. The van der Waals surface area contributed by atoms with Crippen molar-refractivity contribution in [2.24, 2.45) is 5.92 Å². The maximum Gasteiger partial charge on any atom is 0.310 e. The maximum atomic E-state index is 11.3. The van der Waals surface area contributed by atoms with Gasteiger partial charge in [-0.2, -0.15) is 0 Å². The van der Waals surface area contributed by atoms with Crippen LogP contribution in [0.1, 0.15) is 6.42 Å². The highest BCUT2D eigenvalue weighted by atomic mass is 16.5. The molecule has 1 aliphatic rings. The molecular formula is C12H15NO2. The number of hydrogen-bond acceptors (Lipinski definition) is 3. The van der Waals surface area contributed by atoms with E-state index in [9.17, 15) is 4.79 Å². The molecule has 0 saturated carbocycles. The fourth-order valence-corrected chi connectivity index (χ4v) is 1.99. The summed E-state index contributed by atoms with van der Waals surface area (Å²) in [4.78, 5) is 13.6. The van der Waals surface area contributed by atoms with Crippen LogP contribution >= 0.6 is 0 Å². The molecular weight excluding hydrogens is 190 g/mol. The van der Waals surface area contributed by atoms with E-state index in [1.54, 1.807) is 0 Å². The molecule has 0 bridgehead atoms. The Kier molecular flexibility index (Phi) is 2.90. The van der Waals surface area contributed by atoms with Crippen molar-refractivity contribution in [3.8, 4) is 0 Å². The van der Waals surface area contributed by atoms with E-state index >= 15 is 0 Å². The number of rotatable bonds is 2. The molecule has 1 atom stereocenters. The van der Waals surface area contributed by atoms with E-state index in [1.807, 2.05) is 18.2 Å². The highest BCUT2D eigenvalue weighted by Gasteiger charge is 2.28. The second-order valence-electron chi connectivity index (χ2n) is 3.79. The second kappa shape index (κ2) is 4.34. The smallest absolute Gasteiger partial charge is 0.310 e. The van der Waals surface area contributed by atoms with Crippen LogP contribution in [-0.2, 0) is 9.53 Å². The van der Waals surface area contributed by atoms with Crippen LogP contribution < -0.4 is 4.90 Å². The third-order valence-electron chi connectivity index (χ3n) is 2.84. The maximum absolute atomic E-state index is 11.3. The van der Waals surface area contributed by atoms with Crippen molar-refractivity contribution in [1.29, 1.82) is 0 Å². The van der Waals surface area contributed by atoms with E-state index in [0.717, 1.165) is 19.5 Å². The molecule has 0 spiro atoms. The molecule has 0 N–H and O–H groups in total. The normalized spacial score (nSPS) is 20.3. The zero-order valence-corrected chi connectivity index (χ0v) is 8.85. The molecule has 1 heterocycles. The third-order valence-corrected chi connectivity index (χ3v) is 2.84. The minimum absolute atomic E-state index is 0.0372. The fraction of sp³-hybridized carbons (Fsp3) is 0.417. The summed E-state index contributed by atoms with van der Waals surface area (Å²) in [5.74, 6) is -0.0522. The van der Waals surface area contributed by atoms with E-state index in [4.69, 9.17) is 4.74 Å². The number of carbonyl (C=O) groups is 1. The van der Waals surface area contributed by atoms with Crippen LogP contribution in [0.25, 0.3) is 0 Å². The molecule has 1 aromatic carbocycles. The summed E-state index contributed by atoms with van der Waals surface area (Å²) < 4.78 is 4.75. The molecule has 2 rings (SSSR count). The molecule has 1 aliphatic heterocycles. The van der Waals surface area contributed by atoms with E-state index in [2.05, 4.69) is 17.0 Å². The second-order valence-corrected chi connectivity index (χ2v) is 3.79. The van der Waals surface area contributed by atoms with Gasteiger partial charge in [0.25, 0.3) is 0 Å². The predicted molar refractivity (Wildman–Crippen MR) is 58.8 cm³/mol. The topological polar surface area (TPSA) is 29.5 Å². The Bertz CT molecular complexity index is 337. The van der Waals surface area contributed by atoms with Gasteiger partial charge in [0.05, 0.1) is 13.0 Å².